The van der Waals surface area contributed by atoms with Crippen molar-refractivity contribution in [1.29, 1.82) is 0 Å². The average Bonchev–Trinajstić information content (AvgIpc) is 2.88. The first-order valence-electron chi connectivity index (χ1n) is 6.99. The summed E-state index contributed by atoms with van der Waals surface area (Å²) < 4.78 is 5.64. The number of hydrogen-bond acceptors (Lipinski definition) is 4. The molecule has 1 aromatic rings. The third-order valence-corrected chi connectivity index (χ3v) is 3.31. The summed E-state index contributed by atoms with van der Waals surface area (Å²) in [5.41, 5.74) is 0. The lowest BCUT2D eigenvalue weighted by Crippen LogP contribution is -2.37. The van der Waals surface area contributed by atoms with Crippen LogP contribution in [0.3, 0.4) is 0 Å². The van der Waals surface area contributed by atoms with Crippen molar-refractivity contribution in [2.75, 3.05) is 20.2 Å². The van der Waals surface area contributed by atoms with Crippen LogP contribution in [0.25, 0.3) is 0 Å². The number of H-pyrrole nitrogens is 1. The highest BCUT2D eigenvalue weighted by Crippen LogP contribution is 2.14. The molecule has 0 bridgehead atoms. The first-order chi connectivity index (χ1) is 9.20. The predicted molar refractivity (Wildman–Crippen MR) is 70.9 cm³/mol. The van der Waals surface area contributed by atoms with Crippen LogP contribution in [0.15, 0.2) is 0 Å². The normalized spacial score (nSPS) is 19.4. The summed E-state index contributed by atoms with van der Waals surface area (Å²) in [6.07, 6.45) is 5.26. The van der Waals surface area contributed by atoms with Gasteiger partial charge in [-0.15, -0.1) is 5.10 Å². The van der Waals surface area contributed by atoms with Crippen LogP contribution in [0.4, 0.5) is 0 Å². The lowest BCUT2D eigenvalue weighted by atomic mass is 10.1. The Morgan fingerprint density at radius 1 is 1.53 bits per heavy atom. The zero-order valence-corrected chi connectivity index (χ0v) is 11.7. The molecular weight excluding hydrogens is 244 g/mol. The van der Waals surface area contributed by atoms with Crippen molar-refractivity contribution < 1.29 is 9.53 Å². The maximum absolute atomic E-state index is 12.2. The number of likely N-dealkylation sites (N-methyl/N-ethyl adjacent to an activating group) is 1. The lowest BCUT2D eigenvalue weighted by molar-refractivity contribution is -0.000395. The minimum Gasteiger partial charge on any atom is -0.376 e. The number of nitrogens with zero attached hydrogens (tertiary/aromatic N) is 3. The second-order valence-electron chi connectivity index (χ2n) is 5.03. The van der Waals surface area contributed by atoms with Gasteiger partial charge in [-0.25, -0.2) is 4.98 Å². The van der Waals surface area contributed by atoms with Crippen molar-refractivity contribution in [1.82, 2.24) is 20.1 Å². The van der Waals surface area contributed by atoms with E-state index < -0.39 is 0 Å². The van der Waals surface area contributed by atoms with Crippen LogP contribution in [-0.2, 0) is 11.2 Å². The maximum Gasteiger partial charge on any atom is 0.293 e. The van der Waals surface area contributed by atoms with Gasteiger partial charge in [-0.3, -0.25) is 9.89 Å². The Hall–Kier alpha value is -1.43. The molecular formula is C13H22N4O2. The lowest BCUT2D eigenvalue weighted by Gasteiger charge is -2.26. The quantitative estimate of drug-likeness (QED) is 0.874. The molecule has 6 heteroatoms. The van der Waals surface area contributed by atoms with E-state index in [1.165, 1.54) is 6.42 Å². The molecule has 1 fully saturated rings. The van der Waals surface area contributed by atoms with Crippen LogP contribution in [0.5, 0.6) is 0 Å². The number of aromatic nitrogens is 3. The van der Waals surface area contributed by atoms with Crippen LogP contribution in [0.2, 0.25) is 0 Å². The third kappa shape index (κ3) is 3.76. The zero-order chi connectivity index (χ0) is 13.7. The van der Waals surface area contributed by atoms with Gasteiger partial charge in [-0.05, 0) is 25.7 Å². The number of carbonyl (C=O) groups excluding carboxylic acids is 1. The van der Waals surface area contributed by atoms with E-state index in [1.807, 2.05) is 0 Å². The highest BCUT2D eigenvalue weighted by atomic mass is 16.5. The summed E-state index contributed by atoms with van der Waals surface area (Å²) in [6.45, 7) is 3.47. The molecule has 0 saturated carbocycles. The summed E-state index contributed by atoms with van der Waals surface area (Å²) in [6, 6.07) is 0. The Morgan fingerprint density at radius 3 is 3.05 bits per heavy atom. The summed E-state index contributed by atoms with van der Waals surface area (Å²) in [4.78, 5) is 18.0. The standard InChI is InChI=1S/C13H22N4O2/c1-3-6-11-14-12(16-15-11)13(18)17(2)9-10-7-4-5-8-19-10/h10H,3-9H2,1-2H3,(H,14,15,16). The van der Waals surface area contributed by atoms with Gasteiger partial charge in [-0.1, -0.05) is 6.92 Å². The molecule has 0 aliphatic carbocycles. The molecule has 19 heavy (non-hydrogen) atoms. The van der Waals surface area contributed by atoms with Gasteiger partial charge in [0.2, 0.25) is 5.82 Å². The van der Waals surface area contributed by atoms with Crippen molar-refractivity contribution >= 4 is 5.91 Å². The number of nitrogens with one attached hydrogen (secondary N) is 1. The number of rotatable bonds is 5. The first kappa shape index (κ1) is 14.0. The number of carbonyl (C=O) groups is 1. The molecule has 0 spiro atoms. The van der Waals surface area contributed by atoms with E-state index >= 15 is 0 Å². The molecule has 0 radical (unpaired) electrons. The molecule has 1 N–H and O–H groups in total. The Bertz CT molecular complexity index is 413. The number of aromatic amines is 1. The van der Waals surface area contributed by atoms with E-state index in [4.69, 9.17) is 4.74 Å². The van der Waals surface area contributed by atoms with Crippen molar-refractivity contribution in [2.24, 2.45) is 0 Å². The third-order valence-electron chi connectivity index (χ3n) is 3.31. The van der Waals surface area contributed by atoms with Gasteiger partial charge in [0.05, 0.1) is 6.10 Å². The van der Waals surface area contributed by atoms with Crippen molar-refractivity contribution in [3.8, 4) is 0 Å². The fourth-order valence-corrected chi connectivity index (χ4v) is 2.25. The Balaban J connectivity index is 1.89. The second kappa shape index (κ2) is 6.65. The molecule has 1 saturated heterocycles. The van der Waals surface area contributed by atoms with E-state index in [0.29, 0.717) is 6.54 Å². The minimum absolute atomic E-state index is 0.146. The van der Waals surface area contributed by atoms with E-state index in [9.17, 15) is 4.79 Å². The average molecular weight is 266 g/mol. The SMILES string of the molecule is CCCc1nc(C(=O)N(C)CC2CCCCO2)n[nH]1. The fraction of sp³-hybridized carbons (Fsp3) is 0.769. The highest BCUT2D eigenvalue weighted by Gasteiger charge is 2.22. The van der Waals surface area contributed by atoms with Crippen LogP contribution in [-0.4, -0.2) is 52.3 Å². The van der Waals surface area contributed by atoms with Crippen molar-refractivity contribution in [3.63, 3.8) is 0 Å². The number of aryl methyl sites for hydroxylation is 1. The van der Waals surface area contributed by atoms with Crippen molar-refractivity contribution in [3.05, 3.63) is 11.6 Å². The van der Waals surface area contributed by atoms with Gasteiger partial charge in [-0.2, -0.15) is 0 Å². The van der Waals surface area contributed by atoms with Gasteiger partial charge < -0.3 is 9.64 Å². The van der Waals surface area contributed by atoms with Crippen LogP contribution in [0, 0.1) is 0 Å². The fourth-order valence-electron chi connectivity index (χ4n) is 2.25. The van der Waals surface area contributed by atoms with Crippen molar-refractivity contribution in [2.45, 2.75) is 45.1 Å². The summed E-state index contributed by atoms with van der Waals surface area (Å²) in [5, 5.41) is 6.79. The predicted octanol–water partition coefficient (Wildman–Crippen LogP) is 1.40. The number of ether oxygens (including phenoxy) is 1. The Morgan fingerprint density at radius 2 is 2.37 bits per heavy atom. The summed E-state index contributed by atoms with van der Waals surface area (Å²) >= 11 is 0. The molecule has 0 aromatic carbocycles. The van der Waals surface area contributed by atoms with Crippen LogP contribution < -0.4 is 0 Å². The van der Waals surface area contributed by atoms with Gasteiger partial charge in [0.1, 0.15) is 5.82 Å². The highest BCUT2D eigenvalue weighted by molar-refractivity contribution is 5.90. The molecule has 106 valence electrons. The van der Waals surface area contributed by atoms with Gasteiger partial charge in [0, 0.05) is 26.6 Å². The van der Waals surface area contributed by atoms with E-state index in [2.05, 4.69) is 22.1 Å². The van der Waals surface area contributed by atoms with Gasteiger partial charge in [0.15, 0.2) is 0 Å². The molecule has 1 aromatic heterocycles. The monoisotopic (exact) mass is 266 g/mol. The Kier molecular flexibility index (Phi) is 4.90. The van der Waals surface area contributed by atoms with E-state index in [0.717, 1.165) is 38.1 Å². The topological polar surface area (TPSA) is 71.1 Å². The summed E-state index contributed by atoms with van der Waals surface area (Å²) in [7, 11) is 1.77. The minimum atomic E-state index is -0.146. The molecule has 2 heterocycles. The molecule has 2 rings (SSSR count). The number of amides is 1. The maximum atomic E-state index is 12.2. The van der Waals surface area contributed by atoms with E-state index in [-0.39, 0.29) is 17.8 Å². The summed E-state index contributed by atoms with van der Waals surface area (Å²) in [5.74, 6) is 0.878. The molecule has 6 nitrogen and oxygen atoms in total. The first-order valence-corrected chi connectivity index (χ1v) is 6.99. The molecule has 1 aliphatic heterocycles. The van der Waals surface area contributed by atoms with Crippen LogP contribution >= 0.6 is 0 Å². The molecule has 1 unspecified atom stereocenters. The second-order valence-corrected chi connectivity index (χ2v) is 5.03. The largest absolute Gasteiger partial charge is 0.376 e. The number of hydrogen-bond donors (Lipinski definition) is 1. The van der Waals surface area contributed by atoms with Gasteiger partial charge in [0.25, 0.3) is 5.91 Å². The zero-order valence-electron chi connectivity index (χ0n) is 11.7. The molecule has 1 aliphatic rings. The smallest absolute Gasteiger partial charge is 0.293 e. The molecule has 1 atom stereocenters. The Labute approximate surface area is 113 Å². The van der Waals surface area contributed by atoms with Gasteiger partial charge >= 0.3 is 0 Å². The van der Waals surface area contributed by atoms with E-state index in [1.54, 1.807) is 11.9 Å². The van der Waals surface area contributed by atoms with Crippen LogP contribution in [0.1, 0.15) is 49.1 Å². The molecule has 1 amide bonds.